The molecule has 1 heterocycles. The first-order chi connectivity index (χ1) is 5.18. The molecular formula is C6H5NO4. The number of ether oxygens (including phenoxy) is 1. The molecule has 0 spiro atoms. The van der Waals surface area contributed by atoms with Crippen LogP contribution in [0.2, 0.25) is 0 Å². The molecule has 0 amide bonds. The highest BCUT2D eigenvalue weighted by atomic mass is 16.7. The Morgan fingerprint density at radius 2 is 2.27 bits per heavy atom. The Labute approximate surface area is 61.9 Å². The van der Waals surface area contributed by atoms with Crippen molar-refractivity contribution in [2.75, 3.05) is 0 Å². The van der Waals surface area contributed by atoms with Crippen molar-refractivity contribution < 1.29 is 19.7 Å². The maximum atomic E-state index is 9.94. The molecule has 5 heteroatoms. The third-order valence-electron chi connectivity index (χ3n) is 0.901. The van der Waals surface area contributed by atoms with Gasteiger partial charge in [-0.25, -0.2) is 4.79 Å². The molecule has 0 bridgehead atoms. The number of nitrogens with zero attached hydrogens (tertiary/aromatic N) is 1. The Morgan fingerprint density at radius 3 is 2.82 bits per heavy atom. The van der Waals surface area contributed by atoms with Crippen LogP contribution in [0.3, 0.4) is 0 Å². The Morgan fingerprint density at radius 1 is 1.55 bits per heavy atom. The van der Waals surface area contributed by atoms with Crippen molar-refractivity contribution >= 4 is 6.16 Å². The van der Waals surface area contributed by atoms with Crippen LogP contribution in [0.1, 0.15) is 0 Å². The first-order valence-electron chi connectivity index (χ1n) is 2.75. The van der Waals surface area contributed by atoms with Crippen molar-refractivity contribution in [1.82, 2.24) is 4.98 Å². The van der Waals surface area contributed by atoms with E-state index in [4.69, 9.17) is 10.2 Å². The van der Waals surface area contributed by atoms with Crippen LogP contribution >= 0.6 is 0 Å². The number of hydrogen-bond acceptors (Lipinski definition) is 4. The second-order valence-electron chi connectivity index (χ2n) is 1.70. The fourth-order valence-corrected chi connectivity index (χ4v) is 0.550. The van der Waals surface area contributed by atoms with Gasteiger partial charge in [-0.05, 0) is 0 Å². The summed E-state index contributed by atoms with van der Waals surface area (Å²) in [5.41, 5.74) is 0. The fraction of sp³-hybridized carbons (Fsp3) is 0. The summed E-state index contributed by atoms with van der Waals surface area (Å²) in [7, 11) is 0. The summed E-state index contributed by atoms with van der Waals surface area (Å²) in [5, 5.41) is 16.9. The zero-order chi connectivity index (χ0) is 8.27. The smallest absolute Gasteiger partial charge is 0.493 e. The molecule has 1 rings (SSSR count). The van der Waals surface area contributed by atoms with Crippen LogP contribution in [0.4, 0.5) is 4.79 Å². The number of carboxylic acid groups (broad SMARTS) is 1. The van der Waals surface area contributed by atoms with E-state index in [0.717, 1.165) is 0 Å². The van der Waals surface area contributed by atoms with Crippen molar-refractivity contribution in [2.24, 2.45) is 0 Å². The molecule has 0 saturated heterocycles. The van der Waals surface area contributed by atoms with Gasteiger partial charge in [-0.15, -0.1) is 0 Å². The van der Waals surface area contributed by atoms with Gasteiger partial charge in [-0.1, -0.05) is 6.07 Å². The van der Waals surface area contributed by atoms with Gasteiger partial charge >= 0.3 is 6.16 Å². The average molecular weight is 155 g/mol. The molecule has 1 aromatic heterocycles. The molecule has 0 fully saturated rings. The zero-order valence-electron chi connectivity index (χ0n) is 5.39. The molecule has 2 N–H and O–H groups in total. The minimum absolute atomic E-state index is 0.141. The van der Waals surface area contributed by atoms with Crippen molar-refractivity contribution in [1.29, 1.82) is 0 Å². The molecule has 0 aromatic carbocycles. The Kier molecular flexibility index (Phi) is 1.91. The van der Waals surface area contributed by atoms with Gasteiger partial charge < -0.3 is 14.9 Å². The van der Waals surface area contributed by atoms with Crippen LogP contribution in [0, 0.1) is 0 Å². The van der Waals surface area contributed by atoms with Gasteiger partial charge in [-0.3, -0.25) is 0 Å². The third kappa shape index (κ3) is 2.13. The largest absolute Gasteiger partial charge is 0.512 e. The van der Waals surface area contributed by atoms with Crippen LogP contribution in [-0.2, 0) is 0 Å². The minimum Gasteiger partial charge on any atom is -0.493 e. The van der Waals surface area contributed by atoms with Gasteiger partial charge in [0.1, 0.15) is 0 Å². The van der Waals surface area contributed by atoms with Gasteiger partial charge in [0.15, 0.2) is 0 Å². The van der Waals surface area contributed by atoms with Crippen molar-refractivity contribution in [2.45, 2.75) is 0 Å². The molecule has 0 unspecified atom stereocenters. The highest BCUT2D eigenvalue weighted by Crippen LogP contribution is 2.11. The highest BCUT2D eigenvalue weighted by Gasteiger charge is 2.01. The second-order valence-corrected chi connectivity index (χ2v) is 1.70. The first kappa shape index (κ1) is 7.33. The van der Waals surface area contributed by atoms with Crippen LogP contribution in [0.25, 0.3) is 0 Å². The van der Waals surface area contributed by atoms with E-state index in [1.54, 1.807) is 0 Å². The van der Waals surface area contributed by atoms with E-state index in [1.807, 2.05) is 0 Å². The molecule has 1 aromatic rings. The van der Waals surface area contributed by atoms with Crippen molar-refractivity contribution in [3.05, 3.63) is 18.2 Å². The van der Waals surface area contributed by atoms with E-state index in [-0.39, 0.29) is 11.8 Å². The summed E-state index contributed by atoms with van der Waals surface area (Å²) >= 11 is 0. The van der Waals surface area contributed by atoms with Crippen LogP contribution < -0.4 is 4.74 Å². The number of aromatic nitrogens is 1. The first-order valence-corrected chi connectivity index (χ1v) is 2.75. The van der Waals surface area contributed by atoms with Crippen LogP contribution in [-0.4, -0.2) is 21.4 Å². The van der Waals surface area contributed by atoms with E-state index >= 15 is 0 Å². The molecule has 0 aliphatic rings. The highest BCUT2D eigenvalue weighted by molar-refractivity contribution is 5.60. The second kappa shape index (κ2) is 2.87. The predicted molar refractivity (Wildman–Crippen MR) is 34.6 cm³/mol. The number of carbonyl (C=O) groups is 1. The van der Waals surface area contributed by atoms with Crippen molar-refractivity contribution in [3.8, 4) is 11.8 Å². The maximum absolute atomic E-state index is 9.94. The summed E-state index contributed by atoms with van der Waals surface area (Å²) in [6.45, 7) is 0. The Balaban J connectivity index is 2.79. The monoisotopic (exact) mass is 155 g/mol. The van der Waals surface area contributed by atoms with Crippen LogP contribution in [0.15, 0.2) is 18.2 Å². The molecule has 0 aliphatic carbocycles. The summed E-state index contributed by atoms with van der Waals surface area (Å²) in [4.78, 5) is 13.3. The number of pyridine rings is 1. The lowest BCUT2D eigenvalue weighted by molar-refractivity contribution is 0.142. The lowest BCUT2D eigenvalue weighted by Gasteiger charge is -1.96. The lowest BCUT2D eigenvalue weighted by Crippen LogP contribution is -2.03. The summed E-state index contributed by atoms with van der Waals surface area (Å²) in [5.74, 6) is -0.416. The number of rotatable bonds is 1. The molecule has 5 nitrogen and oxygen atoms in total. The topological polar surface area (TPSA) is 79.7 Å². The third-order valence-corrected chi connectivity index (χ3v) is 0.901. The summed E-state index contributed by atoms with van der Waals surface area (Å²) in [6, 6.07) is 4.07. The van der Waals surface area contributed by atoms with Gasteiger partial charge in [-0.2, -0.15) is 4.98 Å². The van der Waals surface area contributed by atoms with Gasteiger partial charge in [0.25, 0.3) is 0 Å². The maximum Gasteiger partial charge on any atom is 0.512 e. The summed E-state index contributed by atoms with van der Waals surface area (Å²) in [6.07, 6.45) is -1.46. The van der Waals surface area contributed by atoms with E-state index in [1.165, 1.54) is 18.2 Å². The van der Waals surface area contributed by atoms with E-state index < -0.39 is 6.16 Å². The number of hydrogen-bond donors (Lipinski definition) is 2. The minimum atomic E-state index is -1.46. The van der Waals surface area contributed by atoms with E-state index in [0.29, 0.717) is 0 Å². The molecule has 0 atom stereocenters. The molecule has 58 valence electrons. The van der Waals surface area contributed by atoms with Gasteiger partial charge in [0.2, 0.25) is 11.8 Å². The van der Waals surface area contributed by atoms with Crippen molar-refractivity contribution in [3.63, 3.8) is 0 Å². The predicted octanol–water partition coefficient (Wildman–Crippen LogP) is 0.844. The summed E-state index contributed by atoms with van der Waals surface area (Å²) < 4.78 is 4.14. The molecule has 0 saturated carbocycles. The Bertz CT molecular complexity index is 273. The number of aromatic hydroxyl groups is 1. The Hall–Kier alpha value is -1.78. The van der Waals surface area contributed by atoms with Crippen LogP contribution in [0.5, 0.6) is 11.8 Å². The molecule has 0 radical (unpaired) electrons. The molecule has 11 heavy (non-hydrogen) atoms. The zero-order valence-corrected chi connectivity index (χ0v) is 5.39. The van der Waals surface area contributed by atoms with Gasteiger partial charge in [0.05, 0.1) is 0 Å². The van der Waals surface area contributed by atoms with E-state index in [2.05, 4.69) is 9.72 Å². The SMILES string of the molecule is O=C(O)Oc1cccc(O)n1. The van der Waals surface area contributed by atoms with Gasteiger partial charge in [0, 0.05) is 12.1 Å². The lowest BCUT2D eigenvalue weighted by atomic mass is 10.5. The fourth-order valence-electron chi connectivity index (χ4n) is 0.550. The molecular weight excluding hydrogens is 150 g/mol. The molecule has 0 aliphatic heterocycles. The normalized spacial score (nSPS) is 9.09. The average Bonchev–Trinajstić information content (AvgIpc) is 1.85. The quantitative estimate of drug-likeness (QED) is 0.587. The standard InChI is InChI=1S/C6H5NO4/c8-4-2-1-3-5(7-4)11-6(9)10/h1-3H,(H,7,8)(H,9,10). The van der Waals surface area contributed by atoms with E-state index in [9.17, 15) is 4.79 Å².